The van der Waals surface area contributed by atoms with Crippen LogP contribution in [0.4, 0.5) is 0 Å². The van der Waals surface area contributed by atoms with Crippen LogP contribution in [-0.2, 0) is 66.6 Å². The van der Waals surface area contributed by atoms with Crippen LogP contribution in [0.15, 0.2) is 0 Å². The molecule has 5 heterocycles. The summed E-state index contributed by atoms with van der Waals surface area (Å²) >= 11 is 0. The summed E-state index contributed by atoms with van der Waals surface area (Å²) < 4.78 is 49.3. The van der Waals surface area contributed by atoms with Crippen molar-refractivity contribution in [1.29, 1.82) is 0 Å². The van der Waals surface area contributed by atoms with E-state index in [1.165, 1.54) is 0 Å². The Balaban J connectivity index is 1.42. The van der Waals surface area contributed by atoms with Gasteiger partial charge in [-0.05, 0) is 0 Å². The Morgan fingerprint density at radius 2 is 0.769 bits per heavy atom. The average Bonchev–Trinajstić information content (AvgIpc) is 3.23. The third kappa shape index (κ3) is 11.1. The van der Waals surface area contributed by atoms with Crippen molar-refractivity contribution < 1.29 is 143 Å². The van der Waals surface area contributed by atoms with E-state index in [0.29, 0.717) is 0 Å². The lowest BCUT2D eigenvalue weighted by Gasteiger charge is -2.50. The first-order chi connectivity index (χ1) is 30.4. The topological polar surface area (TPSA) is 496 Å². The lowest BCUT2D eigenvalue weighted by molar-refractivity contribution is -0.374. The van der Waals surface area contributed by atoms with Crippen LogP contribution < -0.4 is 10.6 Å². The Morgan fingerprint density at radius 3 is 1.15 bits per heavy atom. The Bertz CT molecular complexity index is 1680. The Labute approximate surface area is 364 Å². The highest BCUT2D eigenvalue weighted by Crippen LogP contribution is 2.36. The fraction of sp³-hybridized carbons (Fsp3) is 0.853. The number of hydrogen-bond acceptors (Lipinski definition) is 26. The zero-order valence-electron chi connectivity index (χ0n) is 33.8. The van der Waals surface area contributed by atoms with Crippen LogP contribution in [0.5, 0.6) is 0 Å². The minimum Gasteiger partial charge on any atom is -0.479 e. The molecule has 0 aliphatic carbocycles. The number of carbonyl (C=O) groups is 5. The molecule has 0 aromatic carbocycles. The van der Waals surface area contributed by atoms with Gasteiger partial charge in [0, 0.05) is 13.8 Å². The van der Waals surface area contributed by atoms with E-state index in [9.17, 15) is 101 Å². The van der Waals surface area contributed by atoms with Crippen molar-refractivity contribution in [3.63, 3.8) is 0 Å². The molecule has 31 heteroatoms. The first kappa shape index (κ1) is 52.5. The van der Waals surface area contributed by atoms with Crippen molar-refractivity contribution in [2.75, 3.05) is 13.2 Å². The molecule has 5 rings (SSSR count). The maximum atomic E-state index is 12.7. The van der Waals surface area contributed by atoms with E-state index < -0.39 is 196 Å². The molecule has 65 heavy (non-hydrogen) atoms. The molecule has 0 aromatic heterocycles. The van der Waals surface area contributed by atoms with E-state index >= 15 is 0 Å². The molecule has 5 aliphatic rings. The molecule has 2 amide bonds. The molecule has 5 fully saturated rings. The third-order valence-corrected chi connectivity index (χ3v) is 11.0. The fourth-order valence-electron chi connectivity index (χ4n) is 7.75. The van der Waals surface area contributed by atoms with E-state index in [1.54, 1.807) is 0 Å². The number of rotatable bonds is 15. The predicted octanol–water partition coefficient (Wildman–Crippen LogP) is -11.4. The van der Waals surface area contributed by atoms with Crippen LogP contribution in [0, 0.1) is 0 Å². The van der Waals surface area contributed by atoms with Gasteiger partial charge in [-0.15, -0.1) is 0 Å². The van der Waals surface area contributed by atoms with Gasteiger partial charge in [-0.25, -0.2) is 14.4 Å². The zero-order chi connectivity index (χ0) is 48.5. The van der Waals surface area contributed by atoms with Gasteiger partial charge in [0.05, 0.1) is 13.2 Å². The number of amides is 2. The maximum absolute atomic E-state index is 12.7. The molecule has 0 unspecified atom stereocenters. The molecule has 31 nitrogen and oxygen atoms in total. The number of carboxylic acid groups (broad SMARTS) is 3. The summed E-state index contributed by atoms with van der Waals surface area (Å²) in [6.45, 7) is -0.308. The quantitative estimate of drug-likeness (QED) is 0.0725. The van der Waals surface area contributed by atoms with E-state index in [-0.39, 0.29) is 0 Å². The maximum Gasteiger partial charge on any atom is 0.335 e. The molecule has 0 aromatic rings. The van der Waals surface area contributed by atoms with Crippen LogP contribution in [0.1, 0.15) is 13.8 Å². The molecule has 0 radical (unpaired) electrons. The third-order valence-electron chi connectivity index (χ3n) is 11.0. The molecule has 0 saturated carbocycles. The molecule has 372 valence electrons. The number of aliphatic carboxylic acids is 3. The first-order valence-electron chi connectivity index (χ1n) is 19.6. The molecule has 17 N–H and O–H groups in total. The van der Waals surface area contributed by atoms with Crippen molar-refractivity contribution in [1.82, 2.24) is 10.6 Å². The zero-order valence-corrected chi connectivity index (χ0v) is 33.8. The summed E-state index contributed by atoms with van der Waals surface area (Å²) in [6, 6.07) is -3.77. The predicted molar refractivity (Wildman–Crippen MR) is 191 cm³/mol. The molecule has 0 bridgehead atoms. The number of aliphatic hydroxyl groups excluding tert-OH is 12. The largest absolute Gasteiger partial charge is 0.479 e. The number of carbonyl (C=O) groups excluding carboxylic acids is 2. The first-order valence-corrected chi connectivity index (χ1v) is 19.6. The van der Waals surface area contributed by atoms with Crippen molar-refractivity contribution in [2.45, 2.75) is 167 Å². The number of ether oxygens (including phenoxy) is 9. The lowest BCUT2D eigenvalue weighted by Crippen LogP contribution is -2.71. The Kier molecular flexibility index (Phi) is 17.5. The van der Waals surface area contributed by atoms with Crippen LogP contribution in [-0.4, -0.2) is 273 Å². The number of hydrogen-bond donors (Lipinski definition) is 17. The van der Waals surface area contributed by atoms with Crippen LogP contribution in [0.25, 0.3) is 0 Å². The molecular formula is C34H52N2O29. The summed E-state index contributed by atoms with van der Waals surface area (Å²) in [6.07, 6.45) is -49.9. The summed E-state index contributed by atoms with van der Waals surface area (Å²) in [7, 11) is 0. The van der Waals surface area contributed by atoms with Gasteiger partial charge < -0.3 is 130 Å². The van der Waals surface area contributed by atoms with E-state index in [0.717, 1.165) is 13.8 Å². The highest BCUT2D eigenvalue weighted by atomic mass is 16.8. The minimum absolute atomic E-state index is 0.925. The van der Waals surface area contributed by atoms with Crippen LogP contribution in [0.2, 0.25) is 0 Å². The molecule has 0 spiro atoms. The lowest BCUT2D eigenvalue weighted by atomic mass is 9.93. The minimum atomic E-state index is -2.46. The summed E-state index contributed by atoms with van der Waals surface area (Å²) in [5, 5.41) is 161. The standard InChI is InChI=1S/C34H52N2O29/c1-5(39)35-9-20(60-33-18(48)13(43)14(44)24(64-33)27(50)51)11(41)7(3-37)58-32(9)63-23-16(46)19(49)34(65-26(23)29(54)55)61-21-10(36-6(2)40)31(57-8(4-38)12(21)42)62-22-15(45)17(47)30(56)59-25(22)28(52)53/h7-26,30-34,37-38,41-49,56H,3-4H2,1-2H3,(H,35,39)(H,36,40)(H,50,51)(H,52,53)(H,54,55)/t7-,8-,9-,10-,11-,12-,13+,14+,15-,16-,17-,18-,19-,20-,21-,22+,23+,24+,25+,26+,30+,31+,32+,33+,34+/m1/s1. The van der Waals surface area contributed by atoms with Crippen LogP contribution in [0.3, 0.4) is 0 Å². The summed E-state index contributed by atoms with van der Waals surface area (Å²) in [5.41, 5.74) is 0. The highest BCUT2D eigenvalue weighted by molar-refractivity contribution is 5.75. The summed E-state index contributed by atoms with van der Waals surface area (Å²) in [4.78, 5) is 61.3. The fourth-order valence-corrected chi connectivity index (χ4v) is 7.75. The SMILES string of the molecule is CC(=O)N[C@H]1[C@H](O[C@H]2[C@H](O)[C@@H](O)[C@@H](O[C@H]3[C@H](O)[C@@H](CO)O[C@@H](O[C@H]4[C@H](O)[C@@H](O)[C@@H](O)O[C@@H]4C(=O)O)[C@@H]3NC(C)=O)O[C@@H]2C(=O)O)O[C@H](CO)[C@@H](O)[C@@H]1O[C@H]1O[C@H](C(=O)O)[C@@H](O)[C@H](O)[C@H]1O. The Morgan fingerprint density at radius 1 is 0.415 bits per heavy atom. The smallest absolute Gasteiger partial charge is 0.335 e. The van der Waals surface area contributed by atoms with Gasteiger partial charge in [-0.2, -0.15) is 0 Å². The van der Waals surface area contributed by atoms with Gasteiger partial charge in [0.2, 0.25) is 11.8 Å². The molecular weight excluding hydrogens is 900 g/mol. The van der Waals surface area contributed by atoms with Crippen molar-refractivity contribution in [3.05, 3.63) is 0 Å². The van der Waals surface area contributed by atoms with Gasteiger partial charge in [0.1, 0.15) is 104 Å². The van der Waals surface area contributed by atoms with Crippen LogP contribution >= 0.6 is 0 Å². The normalized spacial score (nSPS) is 47.0. The molecule has 5 saturated heterocycles. The monoisotopic (exact) mass is 952 g/mol. The van der Waals surface area contributed by atoms with Gasteiger partial charge in [0.15, 0.2) is 49.8 Å². The Hall–Kier alpha value is -3.49. The molecule has 25 atom stereocenters. The van der Waals surface area contributed by atoms with Crippen molar-refractivity contribution in [2.24, 2.45) is 0 Å². The second-order valence-corrected chi connectivity index (χ2v) is 15.5. The van der Waals surface area contributed by atoms with E-state index in [1.807, 2.05) is 0 Å². The second-order valence-electron chi connectivity index (χ2n) is 15.5. The van der Waals surface area contributed by atoms with E-state index in [4.69, 9.17) is 42.6 Å². The van der Waals surface area contributed by atoms with Gasteiger partial charge in [0.25, 0.3) is 0 Å². The molecule has 5 aliphatic heterocycles. The van der Waals surface area contributed by atoms with Gasteiger partial charge >= 0.3 is 17.9 Å². The number of nitrogens with one attached hydrogen (secondary N) is 2. The van der Waals surface area contributed by atoms with Crippen molar-refractivity contribution in [3.8, 4) is 0 Å². The van der Waals surface area contributed by atoms with Gasteiger partial charge in [-0.3, -0.25) is 9.59 Å². The average molecular weight is 953 g/mol. The second kappa shape index (κ2) is 21.6. The number of aliphatic hydroxyl groups is 12. The van der Waals surface area contributed by atoms with Gasteiger partial charge in [-0.1, -0.05) is 0 Å². The van der Waals surface area contributed by atoms with E-state index in [2.05, 4.69) is 10.6 Å². The highest BCUT2D eigenvalue weighted by Gasteiger charge is 2.59. The number of carboxylic acids is 3. The van der Waals surface area contributed by atoms with Crippen molar-refractivity contribution >= 4 is 29.7 Å². The summed E-state index contributed by atoms with van der Waals surface area (Å²) in [5.74, 6) is -7.49.